The van der Waals surface area contributed by atoms with E-state index in [0.29, 0.717) is 0 Å². The fourth-order valence-corrected chi connectivity index (χ4v) is 1.43. The molecule has 6 nitrogen and oxygen atoms in total. The maximum absolute atomic E-state index is 11.5. The molecule has 0 aromatic heterocycles. The lowest BCUT2D eigenvalue weighted by atomic mass is 10.1. The van der Waals surface area contributed by atoms with Crippen molar-refractivity contribution in [2.45, 2.75) is 20.0 Å². The quantitative estimate of drug-likeness (QED) is 0.636. The highest BCUT2D eigenvalue weighted by Crippen LogP contribution is 2.06. The molecule has 0 radical (unpaired) electrons. The van der Waals surface area contributed by atoms with Crippen LogP contribution >= 0.6 is 0 Å². The van der Waals surface area contributed by atoms with Gasteiger partial charge in [-0.05, 0) is 25.5 Å². The summed E-state index contributed by atoms with van der Waals surface area (Å²) in [5.74, 6) is -1.45. The molecule has 0 bridgehead atoms. The zero-order valence-corrected chi connectivity index (χ0v) is 11.3. The minimum Gasteiger partial charge on any atom is -0.449 e. The number of nitrogens with two attached hydrogens (primary N) is 1. The highest BCUT2D eigenvalue weighted by molar-refractivity contribution is 5.97. The number of carbonyl (C=O) groups is 3. The number of primary amides is 1. The molecule has 0 saturated carbocycles. The maximum Gasteiger partial charge on any atom is 0.331 e. The number of amides is 3. The predicted octanol–water partition coefficient (Wildman–Crippen LogP) is 1.13. The summed E-state index contributed by atoms with van der Waals surface area (Å²) < 4.78 is 4.82. The number of carbonyl (C=O) groups excluding carboxylic acids is 3. The van der Waals surface area contributed by atoms with Crippen LogP contribution in [0.25, 0.3) is 6.08 Å². The smallest absolute Gasteiger partial charge is 0.331 e. The first-order chi connectivity index (χ1) is 9.38. The predicted molar refractivity (Wildman–Crippen MR) is 73.5 cm³/mol. The third-order valence-corrected chi connectivity index (χ3v) is 2.36. The Kier molecular flexibility index (Phi) is 5.46. The lowest BCUT2D eigenvalue weighted by Crippen LogP contribution is -2.42. The van der Waals surface area contributed by atoms with E-state index in [0.717, 1.165) is 11.1 Å². The fourth-order valence-electron chi connectivity index (χ4n) is 1.43. The molecule has 0 fully saturated rings. The number of hydrogen-bond donors (Lipinski definition) is 2. The highest BCUT2D eigenvalue weighted by atomic mass is 16.5. The lowest BCUT2D eigenvalue weighted by molar-refractivity contribution is -0.149. The number of ether oxygens (including phenoxy) is 1. The second kappa shape index (κ2) is 7.08. The average molecular weight is 276 g/mol. The summed E-state index contributed by atoms with van der Waals surface area (Å²) in [6, 6.07) is 6.54. The van der Waals surface area contributed by atoms with Gasteiger partial charge in [0.1, 0.15) is 0 Å². The fraction of sp³-hybridized carbons (Fsp3) is 0.214. The Bertz CT molecular complexity index is 552. The van der Waals surface area contributed by atoms with Crippen LogP contribution in [0.1, 0.15) is 18.1 Å². The third kappa shape index (κ3) is 5.34. The van der Waals surface area contributed by atoms with E-state index in [2.05, 4.69) is 0 Å². The van der Waals surface area contributed by atoms with Crippen molar-refractivity contribution in [3.05, 3.63) is 41.5 Å². The van der Waals surface area contributed by atoms with Gasteiger partial charge in [0.25, 0.3) is 5.91 Å². The van der Waals surface area contributed by atoms with Gasteiger partial charge < -0.3 is 10.5 Å². The van der Waals surface area contributed by atoms with Crippen LogP contribution in [-0.2, 0) is 14.3 Å². The summed E-state index contributed by atoms with van der Waals surface area (Å²) in [6.45, 7) is 3.28. The molecule has 0 unspecified atom stereocenters. The van der Waals surface area contributed by atoms with E-state index >= 15 is 0 Å². The summed E-state index contributed by atoms with van der Waals surface area (Å²) in [6.07, 6.45) is 1.69. The van der Waals surface area contributed by atoms with Crippen molar-refractivity contribution in [2.75, 3.05) is 0 Å². The molecule has 6 heteroatoms. The first kappa shape index (κ1) is 15.4. The Hall–Kier alpha value is -2.63. The Morgan fingerprint density at radius 1 is 1.35 bits per heavy atom. The second-order valence-corrected chi connectivity index (χ2v) is 4.18. The van der Waals surface area contributed by atoms with Gasteiger partial charge in [-0.3, -0.25) is 10.1 Å². The molecule has 0 aliphatic carbocycles. The minimum atomic E-state index is -1.10. The number of aryl methyl sites for hydroxylation is 1. The number of urea groups is 1. The Morgan fingerprint density at radius 2 is 2.05 bits per heavy atom. The van der Waals surface area contributed by atoms with Crippen LogP contribution in [0.3, 0.4) is 0 Å². The molecule has 0 aliphatic rings. The van der Waals surface area contributed by atoms with E-state index in [9.17, 15) is 14.4 Å². The van der Waals surface area contributed by atoms with Crippen LogP contribution in [0.15, 0.2) is 30.3 Å². The van der Waals surface area contributed by atoms with E-state index in [1.807, 2.05) is 36.5 Å². The molecule has 20 heavy (non-hydrogen) atoms. The SMILES string of the molecule is Cc1cccc(/C=C/C(=O)O[C@@H](C)C(=O)NC(N)=O)c1. The van der Waals surface area contributed by atoms with Crippen LogP contribution in [0, 0.1) is 6.92 Å². The molecule has 106 valence electrons. The second-order valence-electron chi connectivity index (χ2n) is 4.18. The van der Waals surface area contributed by atoms with Crippen molar-refractivity contribution in [3.8, 4) is 0 Å². The first-order valence-corrected chi connectivity index (χ1v) is 5.94. The molecule has 1 atom stereocenters. The van der Waals surface area contributed by atoms with Gasteiger partial charge in [0.2, 0.25) is 0 Å². The Balaban J connectivity index is 2.55. The normalized spacial score (nSPS) is 11.9. The molecule has 0 spiro atoms. The summed E-state index contributed by atoms with van der Waals surface area (Å²) in [5.41, 5.74) is 6.69. The van der Waals surface area contributed by atoms with Crippen LogP contribution in [0.4, 0.5) is 4.79 Å². The van der Waals surface area contributed by atoms with E-state index in [1.54, 1.807) is 6.08 Å². The van der Waals surface area contributed by atoms with Gasteiger partial charge in [-0.1, -0.05) is 29.8 Å². The largest absolute Gasteiger partial charge is 0.449 e. The van der Waals surface area contributed by atoms with Gasteiger partial charge in [0.15, 0.2) is 6.10 Å². The van der Waals surface area contributed by atoms with Crippen molar-refractivity contribution < 1.29 is 19.1 Å². The molecule has 1 aromatic carbocycles. The number of imide groups is 1. The molecule has 0 saturated heterocycles. The maximum atomic E-state index is 11.5. The zero-order chi connectivity index (χ0) is 15.1. The summed E-state index contributed by atoms with van der Waals surface area (Å²) in [5, 5.41) is 1.83. The Labute approximate surface area is 116 Å². The molecule has 0 aliphatic heterocycles. The average Bonchev–Trinajstić information content (AvgIpc) is 2.35. The van der Waals surface area contributed by atoms with Gasteiger partial charge in [-0.25, -0.2) is 9.59 Å². The van der Waals surface area contributed by atoms with Gasteiger partial charge in [0.05, 0.1) is 0 Å². The van der Waals surface area contributed by atoms with Crippen molar-refractivity contribution in [1.29, 1.82) is 0 Å². The molecule has 0 heterocycles. The van der Waals surface area contributed by atoms with Gasteiger partial charge in [-0.15, -0.1) is 0 Å². The summed E-state index contributed by atoms with van der Waals surface area (Å²) in [4.78, 5) is 33.3. The summed E-state index contributed by atoms with van der Waals surface area (Å²) >= 11 is 0. The number of hydrogen-bond acceptors (Lipinski definition) is 4. The van der Waals surface area contributed by atoms with E-state index in [-0.39, 0.29) is 0 Å². The first-order valence-electron chi connectivity index (χ1n) is 5.94. The minimum absolute atomic E-state index is 0.682. The highest BCUT2D eigenvalue weighted by Gasteiger charge is 2.17. The molecule has 3 N–H and O–H groups in total. The van der Waals surface area contributed by atoms with E-state index in [1.165, 1.54) is 13.0 Å². The summed E-state index contributed by atoms with van der Waals surface area (Å²) in [7, 11) is 0. The molecule has 3 amide bonds. The van der Waals surface area contributed by atoms with Crippen LogP contribution in [0.2, 0.25) is 0 Å². The van der Waals surface area contributed by atoms with Gasteiger partial charge in [0, 0.05) is 6.08 Å². The number of esters is 1. The number of benzene rings is 1. The van der Waals surface area contributed by atoms with Crippen molar-refractivity contribution in [2.24, 2.45) is 5.73 Å². The molecule has 1 aromatic rings. The topological polar surface area (TPSA) is 98.5 Å². The van der Waals surface area contributed by atoms with Crippen LogP contribution in [-0.4, -0.2) is 24.0 Å². The standard InChI is InChI=1S/C14H16N2O4/c1-9-4-3-5-11(8-9)6-7-12(17)20-10(2)13(18)16-14(15)19/h3-8,10H,1-2H3,(H3,15,16,18,19)/b7-6+/t10-/m0/s1. The van der Waals surface area contributed by atoms with E-state index in [4.69, 9.17) is 10.5 Å². The van der Waals surface area contributed by atoms with Crippen LogP contribution < -0.4 is 11.1 Å². The zero-order valence-electron chi connectivity index (χ0n) is 11.3. The molecule has 1 rings (SSSR count). The van der Waals surface area contributed by atoms with Crippen molar-refractivity contribution in [1.82, 2.24) is 5.32 Å². The van der Waals surface area contributed by atoms with Crippen LogP contribution in [0.5, 0.6) is 0 Å². The lowest BCUT2D eigenvalue weighted by Gasteiger charge is -2.10. The van der Waals surface area contributed by atoms with E-state index < -0.39 is 24.0 Å². The number of nitrogens with one attached hydrogen (secondary N) is 1. The number of rotatable bonds is 4. The van der Waals surface area contributed by atoms with Crippen molar-refractivity contribution in [3.63, 3.8) is 0 Å². The Morgan fingerprint density at radius 3 is 2.65 bits per heavy atom. The molecular formula is C14H16N2O4. The van der Waals surface area contributed by atoms with Gasteiger partial charge in [-0.2, -0.15) is 0 Å². The van der Waals surface area contributed by atoms with Crippen molar-refractivity contribution >= 4 is 24.0 Å². The molecular weight excluding hydrogens is 260 g/mol. The monoisotopic (exact) mass is 276 g/mol. The van der Waals surface area contributed by atoms with Gasteiger partial charge >= 0.3 is 12.0 Å². The third-order valence-electron chi connectivity index (χ3n) is 2.36.